The molecule has 0 aliphatic heterocycles. The van der Waals surface area contributed by atoms with Crippen LogP contribution in [0.3, 0.4) is 0 Å². The van der Waals surface area contributed by atoms with E-state index in [-0.39, 0.29) is 19.3 Å². The van der Waals surface area contributed by atoms with Crippen molar-refractivity contribution in [2.75, 3.05) is 19.8 Å². The van der Waals surface area contributed by atoms with E-state index in [0.29, 0.717) is 13.0 Å². The first-order valence-corrected chi connectivity index (χ1v) is 4.37. The lowest BCUT2D eigenvalue weighted by molar-refractivity contribution is 0.0108. The summed E-state index contributed by atoms with van der Waals surface area (Å²) in [6, 6.07) is 0. The first-order chi connectivity index (χ1) is 5.54. The predicted octanol–water partition coefficient (Wildman–Crippen LogP) is 0.792. The Morgan fingerprint density at radius 1 is 1.25 bits per heavy atom. The molecule has 3 nitrogen and oxygen atoms in total. The Balaban J connectivity index is 3.58. The third-order valence-electron chi connectivity index (χ3n) is 1.92. The van der Waals surface area contributed by atoms with Crippen LogP contribution in [-0.4, -0.2) is 36.1 Å². The minimum absolute atomic E-state index is 0.00492. The Kier molecular flexibility index (Phi) is 5.46. The highest BCUT2D eigenvalue weighted by Crippen LogP contribution is 2.19. The number of rotatable bonds is 6. The summed E-state index contributed by atoms with van der Waals surface area (Å²) >= 11 is 0. The summed E-state index contributed by atoms with van der Waals surface area (Å²) in [6.07, 6.45) is 0.907. The molecule has 0 atom stereocenters. The van der Waals surface area contributed by atoms with Gasteiger partial charge in [0, 0.05) is 12.0 Å². The molecule has 0 rings (SSSR count). The molecule has 0 aliphatic carbocycles. The maximum absolute atomic E-state index is 8.93. The third kappa shape index (κ3) is 4.70. The summed E-state index contributed by atoms with van der Waals surface area (Å²) in [5.41, 5.74) is -0.394. The fourth-order valence-electron chi connectivity index (χ4n) is 0.749. The van der Waals surface area contributed by atoms with Gasteiger partial charge in [0.2, 0.25) is 0 Å². The van der Waals surface area contributed by atoms with Crippen LogP contribution in [-0.2, 0) is 4.74 Å². The van der Waals surface area contributed by atoms with Crippen LogP contribution in [0.1, 0.15) is 27.2 Å². The van der Waals surface area contributed by atoms with E-state index < -0.39 is 5.41 Å². The largest absolute Gasteiger partial charge is 0.396 e. The molecule has 0 aromatic heterocycles. The molecule has 0 bridgehead atoms. The number of aliphatic hydroxyl groups excluding tert-OH is 2. The molecule has 0 spiro atoms. The van der Waals surface area contributed by atoms with Gasteiger partial charge < -0.3 is 14.9 Å². The van der Waals surface area contributed by atoms with Gasteiger partial charge in [0.15, 0.2) is 0 Å². The van der Waals surface area contributed by atoms with Crippen molar-refractivity contribution < 1.29 is 14.9 Å². The molecule has 74 valence electrons. The highest BCUT2D eigenvalue weighted by atomic mass is 16.5. The molecule has 0 aromatic carbocycles. The smallest absolute Gasteiger partial charge is 0.0518 e. The van der Waals surface area contributed by atoms with Crippen LogP contribution in [0.15, 0.2) is 0 Å². The minimum Gasteiger partial charge on any atom is -0.396 e. The first-order valence-electron chi connectivity index (χ1n) is 4.37. The number of hydrogen-bond donors (Lipinski definition) is 2. The predicted molar refractivity (Wildman–Crippen MR) is 48.0 cm³/mol. The average molecular weight is 176 g/mol. The molecule has 0 amide bonds. The third-order valence-corrected chi connectivity index (χ3v) is 1.92. The lowest BCUT2D eigenvalue weighted by Gasteiger charge is -2.24. The zero-order chi connectivity index (χ0) is 9.61. The molecule has 12 heavy (non-hydrogen) atoms. The topological polar surface area (TPSA) is 49.7 Å². The van der Waals surface area contributed by atoms with Crippen molar-refractivity contribution in [2.24, 2.45) is 5.41 Å². The molecule has 0 heterocycles. The summed E-state index contributed by atoms with van der Waals surface area (Å²) in [5.74, 6) is 0. The number of ether oxygens (including phenoxy) is 1. The summed E-state index contributed by atoms with van der Waals surface area (Å²) < 4.78 is 5.32. The zero-order valence-electron chi connectivity index (χ0n) is 8.21. The van der Waals surface area contributed by atoms with Gasteiger partial charge in [0.1, 0.15) is 0 Å². The molecular formula is C9H20O3. The molecule has 2 N–H and O–H groups in total. The molecule has 0 aliphatic rings. The van der Waals surface area contributed by atoms with Crippen LogP contribution in [0, 0.1) is 5.41 Å². The summed E-state index contributed by atoms with van der Waals surface area (Å²) in [4.78, 5) is 0. The van der Waals surface area contributed by atoms with Gasteiger partial charge in [-0.2, -0.15) is 0 Å². The monoisotopic (exact) mass is 176 g/mol. The van der Waals surface area contributed by atoms with E-state index in [4.69, 9.17) is 14.9 Å². The van der Waals surface area contributed by atoms with Gasteiger partial charge in [-0.15, -0.1) is 0 Å². The number of aliphatic hydroxyl groups is 2. The van der Waals surface area contributed by atoms with Crippen LogP contribution < -0.4 is 0 Å². The highest BCUT2D eigenvalue weighted by molar-refractivity contribution is 4.71. The van der Waals surface area contributed by atoms with E-state index in [2.05, 4.69) is 0 Å². The Bertz CT molecular complexity index is 108. The molecule has 0 radical (unpaired) electrons. The quantitative estimate of drug-likeness (QED) is 0.629. The number of hydrogen-bond acceptors (Lipinski definition) is 3. The summed E-state index contributed by atoms with van der Waals surface area (Å²) in [7, 11) is 0. The van der Waals surface area contributed by atoms with E-state index >= 15 is 0 Å². The van der Waals surface area contributed by atoms with Crippen LogP contribution in [0.4, 0.5) is 0 Å². The van der Waals surface area contributed by atoms with Crippen molar-refractivity contribution >= 4 is 0 Å². The maximum Gasteiger partial charge on any atom is 0.0518 e. The molecular weight excluding hydrogens is 156 g/mol. The molecule has 0 unspecified atom stereocenters. The van der Waals surface area contributed by atoms with Crippen molar-refractivity contribution in [1.82, 2.24) is 0 Å². The molecule has 3 heteroatoms. The lowest BCUT2D eigenvalue weighted by atomic mass is 9.89. The lowest BCUT2D eigenvalue weighted by Crippen LogP contribution is -2.28. The van der Waals surface area contributed by atoms with Crippen molar-refractivity contribution in [3.8, 4) is 0 Å². The van der Waals surface area contributed by atoms with Gasteiger partial charge in [0.05, 0.1) is 19.3 Å². The van der Waals surface area contributed by atoms with Crippen molar-refractivity contribution in [3.63, 3.8) is 0 Å². The Labute approximate surface area is 74.4 Å². The second kappa shape index (κ2) is 5.51. The fourth-order valence-corrected chi connectivity index (χ4v) is 0.749. The van der Waals surface area contributed by atoms with E-state index in [0.717, 1.165) is 0 Å². The fraction of sp³-hybridized carbons (Fsp3) is 1.00. The van der Waals surface area contributed by atoms with E-state index in [1.807, 2.05) is 20.8 Å². The summed E-state index contributed by atoms with van der Waals surface area (Å²) in [6.45, 7) is 6.38. The van der Waals surface area contributed by atoms with E-state index in [1.54, 1.807) is 0 Å². The van der Waals surface area contributed by atoms with Gasteiger partial charge in [-0.25, -0.2) is 0 Å². The SMILES string of the molecule is CC(C)OCCC(C)(CO)CO. The standard InChI is InChI=1S/C9H20O3/c1-8(2)12-5-4-9(3,6-10)7-11/h8,10-11H,4-7H2,1-3H3. The molecule has 0 fully saturated rings. The van der Waals surface area contributed by atoms with Crippen molar-refractivity contribution in [3.05, 3.63) is 0 Å². The van der Waals surface area contributed by atoms with E-state index in [1.165, 1.54) is 0 Å². The van der Waals surface area contributed by atoms with Gasteiger partial charge in [-0.1, -0.05) is 6.92 Å². The van der Waals surface area contributed by atoms with Crippen LogP contribution >= 0.6 is 0 Å². The maximum atomic E-state index is 8.93. The second-order valence-electron chi connectivity index (χ2n) is 3.80. The second-order valence-corrected chi connectivity index (χ2v) is 3.80. The van der Waals surface area contributed by atoms with Crippen LogP contribution in [0.5, 0.6) is 0 Å². The Hall–Kier alpha value is -0.120. The summed E-state index contributed by atoms with van der Waals surface area (Å²) in [5, 5.41) is 17.9. The van der Waals surface area contributed by atoms with Gasteiger partial charge in [-0.05, 0) is 20.3 Å². The van der Waals surface area contributed by atoms with Gasteiger partial charge in [-0.3, -0.25) is 0 Å². The van der Waals surface area contributed by atoms with Gasteiger partial charge >= 0.3 is 0 Å². The normalized spacial score (nSPS) is 12.5. The zero-order valence-corrected chi connectivity index (χ0v) is 8.21. The van der Waals surface area contributed by atoms with Crippen LogP contribution in [0.25, 0.3) is 0 Å². The highest BCUT2D eigenvalue weighted by Gasteiger charge is 2.21. The molecule has 0 aromatic rings. The Morgan fingerprint density at radius 2 is 1.75 bits per heavy atom. The molecule has 0 saturated carbocycles. The van der Waals surface area contributed by atoms with Crippen LogP contribution in [0.2, 0.25) is 0 Å². The average Bonchev–Trinajstić information content (AvgIpc) is 2.03. The Morgan fingerprint density at radius 3 is 2.08 bits per heavy atom. The first kappa shape index (κ1) is 11.9. The van der Waals surface area contributed by atoms with Crippen molar-refractivity contribution in [1.29, 1.82) is 0 Å². The molecule has 0 saturated heterocycles. The van der Waals surface area contributed by atoms with Crippen molar-refractivity contribution in [2.45, 2.75) is 33.3 Å². The van der Waals surface area contributed by atoms with E-state index in [9.17, 15) is 0 Å². The minimum atomic E-state index is -0.394. The van der Waals surface area contributed by atoms with Gasteiger partial charge in [0.25, 0.3) is 0 Å².